The van der Waals surface area contributed by atoms with Crippen LogP contribution in [-0.2, 0) is 9.59 Å². The molecule has 23 heavy (non-hydrogen) atoms. The summed E-state index contributed by atoms with van der Waals surface area (Å²) in [5.41, 5.74) is 0.00106. The molecule has 1 aromatic rings. The Morgan fingerprint density at radius 3 is 2.52 bits per heavy atom. The predicted octanol–water partition coefficient (Wildman–Crippen LogP) is 2.06. The van der Waals surface area contributed by atoms with Crippen molar-refractivity contribution >= 4 is 29.3 Å². The molecule has 1 N–H and O–H groups in total. The first kappa shape index (κ1) is 19.0. The van der Waals surface area contributed by atoms with Gasteiger partial charge in [-0.15, -0.1) is 11.8 Å². The van der Waals surface area contributed by atoms with Gasteiger partial charge in [-0.05, 0) is 19.9 Å². The van der Waals surface area contributed by atoms with E-state index in [1.807, 2.05) is 13.8 Å². The van der Waals surface area contributed by atoms with Gasteiger partial charge in [-0.1, -0.05) is 6.07 Å². The molecule has 1 unspecified atom stereocenters. The molecule has 2 amide bonds. The van der Waals surface area contributed by atoms with Crippen molar-refractivity contribution in [2.45, 2.75) is 31.7 Å². The van der Waals surface area contributed by atoms with E-state index in [2.05, 4.69) is 5.32 Å². The van der Waals surface area contributed by atoms with Crippen molar-refractivity contribution < 1.29 is 14.5 Å². The lowest BCUT2D eigenvalue weighted by Gasteiger charge is -2.25. The number of amides is 2. The smallest absolute Gasteiger partial charge is 0.270 e. The first-order valence-electron chi connectivity index (χ1n) is 7.32. The molecule has 0 saturated heterocycles. The number of carbonyl (C=O) groups excluding carboxylic acids is 2. The Labute approximate surface area is 139 Å². The third-order valence-electron chi connectivity index (χ3n) is 3.20. The van der Waals surface area contributed by atoms with E-state index in [4.69, 9.17) is 0 Å². The van der Waals surface area contributed by atoms with Gasteiger partial charge < -0.3 is 10.2 Å². The van der Waals surface area contributed by atoms with Gasteiger partial charge in [0, 0.05) is 42.8 Å². The second kappa shape index (κ2) is 9.14. The summed E-state index contributed by atoms with van der Waals surface area (Å²) in [6.45, 7) is 6.24. The third-order valence-corrected chi connectivity index (χ3v) is 4.28. The lowest BCUT2D eigenvalue weighted by atomic mass is 10.2. The molecule has 126 valence electrons. The molecule has 0 aromatic heterocycles. The molecule has 0 spiro atoms. The molecule has 8 heteroatoms. The highest BCUT2D eigenvalue weighted by atomic mass is 32.2. The van der Waals surface area contributed by atoms with Gasteiger partial charge in [0.1, 0.15) is 6.04 Å². The largest absolute Gasteiger partial charge is 0.344 e. The number of benzene rings is 1. The van der Waals surface area contributed by atoms with E-state index in [1.165, 1.54) is 30.8 Å². The number of thioether (sulfide) groups is 1. The average Bonchev–Trinajstić information content (AvgIpc) is 2.52. The maximum atomic E-state index is 12.4. The van der Waals surface area contributed by atoms with E-state index < -0.39 is 11.0 Å². The van der Waals surface area contributed by atoms with E-state index in [-0.39, 0.29) is 17.5 Å². The van der Waals surface area contributed by atoms with Gasteiger partial charge in [0.05, 0.1) is 4.92 Å². The zero-order valence-electron chi connectivity index (χ0n) is 13.4. The minimum absolute atomic E-state index is 0.00106. The average molecular weight is 339 g/mol. The summed E-state index contributed by atoms with van der Waals surface area (Å²) < 4.78 is 0. The minimum Gasteiger partial charge on any atom is -0.344 e. The number of nitro benzene ring substituents is 1. The second-order valence-corrected chi connectivity index (χ2v) is 5.92. The van der Waals surface area contributed by atoms with Crippen LogP contribution in [0.2, 0.25) is 0 Å². The maximum Gasteiger partial charge on any atom is 0.270 e. The van der Waals surface area contributed by atoms with Crippen LogP contribution in [0.15, 0.2) is 29.2 Å². The molecular formula is C15H21N3O4S. The molecule has 1 atom stereocenters. The summed E-state index contributed by atoms with van der Waals surface area (Å²) in [7, 11) is 0. The van der Waals surface area contributed by atoms with Crippen LogP contribution in [0.1, 0.15) is 20.8 Å². The van der Waals surface area contributed by atoms with Crippen molar-refractivity contribution in [3.05, 3.63) is 34.4 Å². The van der Waals surface area contributed by atoms with Crippen molar-refractivity contribution in [2.24, 2.45) is 0 Å². The van der Waals surface area contributed by atoms with Crippen LogP contribution in [0.3, 0.4) is 0 Å². The molecule has 0 aliphatic carbocycles. The predicted molar refractivity (Wildman–Crippen MR) is 89.4 cm³/mol. The van der Waals surface area contributed by atoms with E-state index in [1.54, 1.807) is 17.0 Å². The number of nitro groups is 1. The monoisotopic (exact) mass is 339 g/mol. The Hall–Kier alpha value is -2.09. The molecule has 0 saturated carbocycles. The standard InChI is InChI=1S/C15H21N3O4S/c1-4-17(5-2)15(20)14(16-11(3)19)10-23-13-8-6-7-12(9-13)18(21)22/h6-9,14H,4-5,10H2,1-3H3,(H,16,19). The van der Waals surface area contributed by atoms with Crippen LogP contribution in [-0.4, -0.2) is 46.5 Å². The lowest BCUT2D eigenvalue weighted by molar-refractivity contribution is -0.385. The molecule has 0 fully saturated rings. The Bertz CT molecular complexity index is 576. The molecule has 0 bridgehead atoms. The number of carbonyl (C=O) groups is 2. The Balaban J connectivity index is 2.81. The summed E-state index contributed by atoms with van der Waals surface area (Å²) in [6.07, 6.45) is 0. The third kappa shape index (κ3) is 5.90. The van der Waals surface area contributed by atoms with Crippen LogP contribution < -0.4 is 5.32 Å². The van der Waals surface area contributed by atoms with E-state index in [9.17, 15) is 19.7 Å². The number of rotatable bonds is 8. The van der Waals surface area contributed by atoms with Crippen LogP contribution in [0.4, 0.5) is 5.69 Å². The minimum atomic E-state index is -0.656. The highest BCUT2D eigenvalue weighted by Gasteiger charge is 2.23. The molecule has 1 aromatic carbocycles. The van der Waals surface area contributed by atoms with Crippen molar-refractivity contribution in [2.75, 3.05) is 18.8 Å². The number of nitrogens with one attached hydrogen (secondary N) is 1. The first-order valence-corrected chi connectivity index (χ1v) is 8.30. The summed E-state index contributed by atoms with van der Waals surface area (Å²) >= 11 is 1.30. The SMILES string of the molecule is CCN(CC)C(=O)C(CSc1cccc([N+](=O)[O-])c1)NC(C)=O. The summed E-state index contributed by atoms with van der Waals surface area (Å²) in [6, 6.07) is 5.55. The molecule has 0 radical (unpaired) electrons. The number of hydrogen-bond donors (Lipinski definition) is 1. The fraction of sp³-hybridized carbons (Fsp3) is 0.467. The Morgan fingerprint density at radius 1 is 1.35 bits per heavy atom. The Kier molecular flexibility index (Phi) is 7.53. The zero-order chi connectivity index (χ0) is 17.4. The van der Waals surface area contributed by atoms with E-state index in [0.717, 1.165) is 0 Å². The molecule has 0 aliphatic heterocycles. The highest BCUT2D eigenvalue weighted by Crippen LogP contribution is 2.23. The van der Waals surface area contributed by atoms with Gasteiger partial charge in [0.2, 0.25) is 11.8 Å². The van der Waals surface area contributed by atoms with Crippen molar-refractivity contribution in [3.8, 4) is 0 Å². The van der Waals surface area contributed by atoms with Gasteiger partial charge in [0.15, 0.2) is 0 Å². The molecule has 7 nitrogen and oxygen atoms in total. The summed E-state index contributed by atoms with van der Waals surface area (Å²) in [4.78, 5) is 36.4. The zero-order valence-corrected chi connectivity index (χ0v) is 14.3. The molecule has 1 rings (SSSR count). The summed E-state index contributed by atoms with van der Waals surface area (Å²) in [5.74, 6) is -0.117. The topological polar surface area (TPSA) is 92.6 Å². The van der Waals surface area contributed by atoms with Gasteiger partial charge in [0.25, 0.3) is 5.69 Å². The van der Waals surface area contributed by atoms with Crippen LogP contribution >= 0.6 is 11.8 Å². The molecule has 0 heterocycles. The van der Waals surface area contributed by atoms with Crippen molar-refractivity contribution in [1.82, 2.24) is 10.2 Å². The number of non-ortho nitro benzene ring substituents is 1. The Morgan fingerprint density at radius 2 is 2.00 bits per heavy atom. The number of nitrogens with zero attached hydrogens (tertiary/aromatic N) is 2. The number of likely N-dealkylation sites (N-methyl/N-ethyl adjacent to an activating group) is 1. The number of hydrogen-bond acceptors (Lipinski definition) is 5. The fourth-order valence-electron chi connectivity index (χ4n) is 2.04. The quantitative estimate of drug-likeness (QED) is 0.444. The molecule has 0 aliphatic rings. The molecular weight excluding hydrogens is 318 g/mol. The van der Waals surface area contributed by atoms with Crippen LogP contribution in [0, 0.1) is 10.1 Å². The normalized spacial score (nSPS) is 11.6. The van der Waals surface area contributed by atoms with Gasteiger partial charge >= 0.3 is 0 Å². The summed E-state index contributed by atoms with van der Waals surface area (Å²) in [5, 5.41) is 13.4. The van der Waals surface area contributed by atoms with Crippen LogP contribution in [0.25, 0.3) is 0 Å². The van der Waals surface area contributed by atoms with E-state index >= 15 is 0 Å². The fourth-order valence-corrected chi connectivity index (χ4v) is 3.01. The van der Waals surface area contributed by atoms with Crippen molar-refractivity contribution in [1.29, 1.82) is 0 Å². The van der Waals surface area contributed by atoms with Gasteiger partial charge in [-0.3, -0.25) is 19.7 Å². The van der Waals surface area contributed by atoms with Crippen molar-refractivity contribution in [3.63, 3.8) is 0 Å². The first-order chi connectivity index (χ1) is 10.9. The van der Waals surface area contributed by atoms with Gasteiger partial charge in [-0.25, -0.2) is 0 Å². The second-order valence-electron chi connectivity index (χ2n) is 4.83. The van der Waals surface area contributed by atoms with E-state index in [0.29, 0.717) is 23.7 Å². The maximum absolute atomic E-state index is 12.4. The van der Waals surface area contributed by atoms with Gasteiger partial charge in [-0.2, -0.15) is 0 Å². The highest BCUT2D eigenvalue weighted by molar-refractivity contribution is 7.99. The lowest BCUT2D eigenvalue weighted by Crippen LogP contribution is -2.49. The van der Waals surface area contributed by atoms with Crippen LogP contribution in [0.5, 0.6) is 0 Å².